The Morgan fingerprint density at radius 2 is 2.25 bits per heavy atom. The van der Waals surface area contributed by atoms with Crippen molar-refractivity contribution in [1.29, 1.82) is 0 Å². The van der Waals surface area contributed by atoms with E-state index in [0.717, 1.165) is 0 Å². The SMILES string of the molecule is FC1(F)CC1CNI. The van der Waals surface area contributed by atoms with Gasteiger partial charge in [0.25, 0.3) is 5.92 Å². The van der Waals surface area contributed by atoms with Crippen molar-refractivity contribution < 1.29 is 8.78 Å². The lowest BCUT2D eigenvalue weighted by atomic mass is 10.4. The number of halogens is 3. The molecule has 1 unspecified atom stereocenters. The minimum atomic E-state index is -2.35. The molecular formula is C4H6F2IN. The Bertz CT molecular complexity index is 96.0. The van der Waals surface area contributed by atoms with Crippen LogP contribution in [0, 0.1) is 5.92 Å². The van der Waals surface area contributed by atoms with E-state index in [1.807, 2.05) is 22.9 Å². The molecule has 0 aromatic carbocycles. The molecule has 0 heterocycles. The number of nitrogens with one attached hydrogen (secondary N) is 1. The van der Waals surface area contributed by atoms with Crippen LogP contribution in [0.3, 0.4) is 0 Å². The third kappa shape index (κ3) is 1.28. The van der Waals surface area contributed by atoms with Crippen molar-refractivity contribution in [2.24, 2.45) is 5.92 Å². The average molecular weight is 233 g/mol. The molecule has 48 valence electrons. The fraction of sp³-hybridized carbons (Fsp3) is 1.00. The average Bonchev–Trinajstić information content (AvgIpc) is 2.15. The molecule has 1 rings (SSSR count). The predicted octanol–water partition coefficient (Wildman–Crippen LogP) is 1.58. The molecule has 4 heteroatoms. The minimum Gasteiger partial charge on any atom is -0.261 e. The van der Waals surface area contributed by atoms with Crippen LogP contribution in [0.5, 0.6) is 0 Å². The van der Waals surface area contributed by atoms with Crippen molar-refractivity contribution in [1.82, 2.24) is 3.53 Å². The first kappa shape index (κ1) is 6.67. The zero-order valence-corrected chi connectivity index (χ0v) is 6.28. The third-order valence-corrected chi connectivity index (χ3v) is 1.72. The van der Waals surface area contributed by atoms with Crippen molar-refractivity contribution in [3.63, 3.8) is 0 Å². The molecule has 8 heavy (non-hydrogen) atoms. The standard InChI is InChI=1S/C4H6F2IN/c5-4(6)1-3(4)2-8-7/h3,8H,1-2H2. The van der Waals surface area contributed by atoms with Gasteiger partial charge in [-0.3, -0.25) is 3.53 Å². The largest absolute Gasteiger partial charge is 0.261 e. The highest BCUT2D eigenvalue weighted by atomic mass is 127. The lowest BCUT2D eigenvalue weighted by molar-refractivity contribution is 0.100. The molecule has 1 saturated carbocycles. The molecule has 0 radical (unpaired) electrons. The summed E-state index contributed by atoms with van der Waals surface area (Å²) in [5.41, 5.74) is 0. The zero-order valence-electron chi connectivity index (χ0n) is 4.13. The molecule has 1 nitrogen and oxygen atoms in total. The molecule has 1 aliphatic rings. The normalized spacial score (nSPS) is 32.6. The van der Waals surface area contributed by atoms with Crippen molar-refractivity contribution in [2.45, 2.75) is 12.3 Å². The summed E-state index contributed by atoms with van der Waals surface area (Å²) in [7, 11) is 0. The topological polar surface area (TPSA) is 12.0 Å². The highest BCUT2D eigenvalue weighted by molar-refractivity contribution is 14.1. The van der Waals surface area contributed by atoms with Crippen LogP contribution < -0.4 is 3.53 Å². The second-order valence-corrected chi connectivity index (χ2v) is 2.76. The Morgan fingerprint density at radius 3 is 2.38 bits per heavy atom. The molecule has 0 aromatic heterocycles. The minimum absolute atomic E-state index is 0.0724. The van der Waals surface area contributed by atoms with Gasteiger partial charge in [0.15, 0.2) is 0 Å². The number of rotatable bonds is 2. The highest BCUT2D eigenvalue weighted by Crippen LogP contribution is 2.47. The lowest BCUT2D eigenvalue weighted by Crippen LogP contribution is -2.07. The van der Waals surface area contributed by atoms with Crippen molar-refractivity contribution in [2.75, 3.05) is 6.54 Å². The van der Waals surface area contributed by atoms with E-state index in [1.165, 1.54) is 0 Å². The van der Waals surface area contributed by atoms with Gasteiger partial charge in [-0.05, 0) is 0 Å². The maximum atomic E-state index is 11.9. The summed E-state index contributed by atoms with van der Waals surface area (Å²) >= 11 is 1.88. The molecule has 0 bridgehead atoms. The molecule has 1 N–H and O–H groups in total. The molecule has 0 aromatic rings. The summed E-state index contributed by atoms with van der Waals surface area (Å²) < 4.78 is 26.6. The molecule has 1 fully saturated rings. The Hall–Kier alpha value is 0.550. The molecular weight excluding hydrogens is 227 g/mol. The number of hydrogen-bond acceptors (Lipinski definition) is 1. The first-order valence-electron chi connectivity index (χ1n) is 2.38. The van der Waals surface area contributed by atoms with Gasteiger partial charge in [0.05, 0.1) is 0 Å². The molecule has 0 spiro atoms. The van der Waals surface area contributed by atoms with Gasteiger partial charge in [-0.15, -0.1) is 0 Å². The van der Waals surface area contributed by atoms with Crippen LogP contribution in [0.4, 0.5) is 8.78 Å². The summed E-state index contributed by atoms with van der Waals surface area (Å²) in [6.45, 7) is 0.438. The molecule has 0 saturated heterocycles. The van der Waals surface area contributed by atoms with Gasteiger partial charge < -0.3 is 0 Å². The summed E-state index contributed by atoms with van der Waals surface area (Å²) in [5.74, 6) is -2.74. The number of hydrogen-bond donors (Lipinski definition) is 1. The van der Waals surface area contributed by atoms with Crippen LogP contribution in [-0.4, -0.2) is 12.5 Å². The van der Waals surface area contributed by atoms with E-state index in [0.29, 0.717) is 6.54 Å². The van der Waals surface area contributed by atoms with Crippen molar-refractivity contribution >= 4 is 22.9 Å². The first-order chi connectivity index (χ1) is 3.67. The van der Waals surface area contributed by atoms with Gasteiger partial charge in [-0.2, -0.15) is 0 Å². The van der Waals surface area contributed by atoms with Crippen LogP contribution in [0.1, 0.15) is 6.42 Å². The Labute approximate surface area is 60.3 Å². The first-order valence-corrected chi connectivity index (χ1v) is 3.46. The van der Waals surface area contributed by atoms with Crippen LogP contribution in [-0.2, 0) is 0 Å². The van der Waals surface area contributed by atoms with Crippen molar-refractivity contribution in [3.05, 3.63) is 0 Å². The van der Waals surface area contributed by atoms with Gasteiger partial charge in [0, 0.05) is 41.7 Å². The zero-order chi connectivity index (χ0) is 6.20. The van der Waals surface area contributed by atoms with Crippen LogP contribution in [0.2, 0.25) is 0 Å². The van der Waals surface area contributed by atoms with Gasteiger partial charge in [0.1, 0.15) is 0 Å². The summed E-state index contributed by atoms with van der Waals surface area (Å²) in [5, 5.41) is 0. The highest BCUT2D eigenvalue weighted by Gasteiger charge is 2.56. The second kappa shape index (κ2) is 2.06. The lowest BCUT2D eigenvalue weighted by Gasteiger charge is -1.91. The van der Waals surface area contributed by atoms with E-state index in [9.17, 15) is 8.78 Å². The van der Waals surface area contributed by atoms with Gasteiger partial charge in [0.2, 0.25) is 0 Å². The number of alkyl halides is 2. The van der Waals surface area contributed by atoms with E-state index in [1.54, 1.807) is 0 Å². The smallest absolute Gasteiger partial charge is 0.252 e. The Balaban J connectivity index is 2.17. The van der Waals surface area contributed by atoms with Gasteiger partial charge in [-0.25, -0.2) is 8.78 Å². The summed E-state index contributed by atoms with van der Waals surface area (Å²) in [6, 6.07) is 0. The third-order valence-electron chi connectivity index (χ3n) is 1.28. The van der Waals surface area contributed by atoms with Crippen LogP contribution >= 0.6 is 22.9 Å². The quantitative estimate of drug-likeness (QED) is 0.564. The van der Waals surface area contributed by atoms with Crippen molar-refractivity contribution in [3.8, 4) is 0 Å². The predicted molar refractivity (Wildman–Crippen MR) is 35.1 cm³/mol. The maximum absolute atomic E-state index is 11.9. The van der Waals surface area contributed by atoms with E-state index >= 15 is 0 Å². The molecule has 1 aliphatic carbocycles. The fourth-order valence-corrected chi connectivity index (χ4v) is 1.12. The Morgan fingerprint density at radius 1 is 1.75 bits per heavy atom. The van der Waals surface area contributed by atoms with E-state index in [2.05, 4.69) is 3.53 Å². The van der Waals surface area contributed by atoms with E-state index in [4.69, 9.17) is 0 Å². The molecule has 0 aliphatic heterocycles. The fourth-order valence-electron chi connectivity index (χ4n) is 0.584. The van der Waals surface area contributed by atoms with E-state index < -0.39 is 5.92 Å². The molecule has 1 atom stereocenters. The second-order valence-electron chi connectivity index (χ2n) is 2.00. The molecule has 0 amide bonds. The van der Waals surface area contributed by atoms with Gasteiger partial charge in [-0.1, -0.05) is 0 Å². The Kier molecular flexibility index (Phi) is 1.71. The van der Waals surface area contributed by atoms with E-state index in [-0.39, 0.29) is 12.3 Å². The monoisotopic (exact) mass is 233 g/mol. The summed E-state index contributed by atoms with van der Waals surface area (Å²) in [6.07, 6.45) is 0.0724. The van der Waals surface area contributed by atoms with Crippen LogP contribution in [0.15, 0.2) is 0 Å². The van der Waals surface area contributed by atoms with Crippen LogP contribution in [0.25, 0.3) is 0 Å². The summed E-state index contributed by atoms with van der Waals surface area (Å²) in [4.78, 5) is 0. The van der Waals surface area contributed by atoms with Gasteiger partial charge >= 0.3 is 0 Å². The maximum Gasteiger partial charge on any atom is 0.252 e.